The molecule has 0 spiro atoms. The van der Waals surface area contributed by atoms with Gasteiger partial charge >= 0.3 is 0 Å². The highest BCUT2D eigenvalue weighted by Crippen LogP contribution is 2.28. The summed E-state index contributed by atoms with van der Waals surface area (Å²) in [5.74, 6) is 0. The summed E-state index contributed by atoms with van der Waals surface area (Å²) in [6.07, 6.45) is 2.22. The third-order valence-corrected chi connectivity index (χ3v) is 4.33. The van der Waals surface area contributed by atoms with Crippen LogP contribution in [0.1, 0.15) is 48.0 Å². The molecule has 0 saturated heterocycles. The zero-order valence-electron chi connectivity index (χ0n) is 11.9. The second kappa shape index (κ2) is 6.83. The Morgan fingerprint density at radius 2 is 2.16 bits per heavy atom. The van der Waals surface area contributed by atoms with E-state index in [1.165, 1.54) is 16.0 Å². The Morgan fingerprint density at radius 3 is 2.79 bits per heavy atom. The average Bonchev–Trinajstić information content (AvgIpc) is 2.86. The van der Waals surface area contributed by atoms with Gasteiger partial charge in [0, 0.05) is 4.88 Å². The second-order valence-corrected chi connectivity index (χ2v) is 5.67. The van der Waals surface area contributed by atoms with Crippen LogP contribution >= 0.6 is 11.3 Å². The molecule has 0 fully saturated rings. The highest BCUT2D eigenvalue weighted by Gasteiger charge is 2.17. The summed E-state index contributed by atoms with van der Waals surface area (Å²) >= 11 is 1.74. The molecule has 1 heterocycles. The van der Waals surface area contributed by atoms with Crippen molar-refractivity contribution in [3.05, 3.63) is 51.5 Å². The van der Waals surface area contributed by atoms with Crippen LogP contribution in [0.4, 0.5) is 0 Å². The fraction of sp³-hybridized carbons (Fsp3) is 0.438. The van der Waals surface area contributed by atoms with Gasteiger partial charge in [0.1, 0.15) is 0 Å². The van der Waals surface area contributed by atoms with E-state index in [-0.39, 0.29) is 6.04 Å². The summed E-state index contributed by atoms with van der Waals surface area (Å²) < 4.78 is 0. The van der Waals surface area contributed by atoms with Crippen molar-refractivity contribution in [3.63, 3.8) is 0 Å². The molecule has 1 atom stereocenters. The van der Waals surface area contributed by atoms with Gasteiger partial charge in [-0.05, 0) is 37.4 Å². The lowest BCUT2D eigenvalue weighted by Crippen LogP contribution is -2.23. The van der Waals surface area contributed by atoms with Gasteiger partial charge in [-0.15, -0.1) is 11.3 Å². The summed E-state index contributed by atoms with van der Waals surface area (Å²) in [5.41, 5.74) is 5.82. The van der Waals surface area contributed by atoms with Crippen LogP contribution in [0, 0.1) is 6.92 Å². The smallest absolute Gasteiger partial charge is 0.0798 e. The van der Waals surface area contributed by atoms with Gasteiger partial charge in [-0.1, -0.05) is 38.1 Å². The number of hydrogen-bond acceptors (Lipinski definition) is 3. The summed E-state index contributed by atoms with van der Waals surface area (Å²) in [6, 6.07) is 9.15. The first-order chi connectivity index (χ1) is 9.26. The quantitative estimate of drug-likeness (QED) is 0.857. The van der Waals surface area contributed by atoms with Gasteiger partial charge in [-0.3, -0.25) is 0 Å². The number of thiazole rings is 1. The van der Waals surface area contributed by atoms with Gasteiger partial charge in [0.15, 0.2) is 0 Å². The van der Waals surface area contributed by atoms with E-state index in [1.54, 1.807) is 11.3 Å². The number of rotatable bonds is 6. The first-order valence-electron chi connectivity index (χ1n) is 6.98. The second-order valence-electron chi connectivity index (χ2n) is 4.79. The zero-order chi connectivity index (χ0) is 13.7. The van der Waals surface area contributed by atoms with Crippen molar-refractivity contribution in [1.29, 1.82) is 0 Å². The first-order valence-corrected chi connectivity index (χ1v) is 7.86. The molecule has 1 aromatic heterocycles. The molecule has 0 radical (unpaired) electrons. The van der Waals surface area contributed by atoms with Crippen LogP contribution in [-0.2, 0) is 6.42 Å². The maximum Gasteiger partial charge on any atom is 0.0798 e. The molecule has 0 bridgehead atoms. The molecule has 0 saturated carbocycles. The highest BCUT2D eigenvalue weighted by atomic mass is 32.1. The molecular weight excluding hydrogens is 252 g/mol. The van der Waals surface area contributed by atoms with Gasteiger partial charge in [-0.25, -0.2) is 4.98 Å². The van der Waals surface area contributed by atoms with Gasteiger partial charge in [0.2, 0.25) is 0 Å². The number of aromatic nitrogens is 1. The van der Waals surface area contributed by atoms with Crippen LogP contribution in [0.25, 0.3) is 0 Å². The van der Waals surface area contributed by atoms with E-state index in [2.05, 4.69) is 55.3 Å². The van der Waals surface area contributed by atoms with E-state index in [1.807, 2.05) is 5.51 Å². The Hall–Kier alpha value is -1.19. The maximum atomic E-state index is 4.39. The van der Waals surface area contributed by atoms with Crippen LogP contribution in [0.5, 0.6) is 0 Å². The predicted molar refractivity (Wildman–Crippen MR) is 82.8 cm³/mol. The van der Waals surface area contributed by atoms with Crippen molar-refractivity contribution in [2.75, 3.05) is 6.54 Å². The summed E-state index contributed by atoms with van der Waals surface area (Å²) in [7, 11) is 0. The lowest BCUT2D eigenvalue weighted by atomic mass is 10.0. The number of nitrogens with one attached hydrogen (secondary N) is 1. The Kier molecular flexibility index (Phi) is 5.11. The largest absolute Gasteiger partial charge is 0.306 e. The SMILES string of the molecule is CCCNC(c1cccc(CC)c1)c1scnc1C. The fourth-order valence-electron chi connectivity index (χ4n) is 2.23. The van der Waals surface area contributed by atoms with Crippen molar-refractivity contribution in [2.24, 2.45) is 0 Å². The highest BCUT2D eigenvalue weighted by molar-refractivity contribution is 7.09. The Balaban J connectivity index is 2.34. The predicted octanol–water partition coefficient (Wildman–Crippen LogP) is 4.10. The average molecular weight is 274 g/mol. The van der Waals surface area contributed by atoms with Crippen molar-refractivity contribution in [1.82, 2.24) is 10.3 Å². The minimum Gasteiger partial charge on any atom is -0.306 e. The van der Waals surface area contributed by atoms with Crippen LogP contribution in [-0.4, -0.2) is 11.5 Å². The Labute approximate surface area is 119 Å². The van der Waals surface area contributed by atoms with Crippen molar-refractivity contribution < 1.29 is 0 Å². The Bertz CT molecular complexity index is 519. The van der Waals surface area contributed by atoms with E-state index in [9.17, 15) is 0 Å². The monoisotopic (exact) mass is 274 g/mol. The van der Waals surface area contributed by atoms with Gasteiger partial charge in [-0.2, -0.15) is 0 Å². The summed E-state index contributed by atoms with van der Waals surface area (Å²) in [6.45, 7) is 7.52. The molecule has 3 heteroatoms. The van der Waals surface area contributed by atoms with Crippen molar-refractivity contribution in [3.8, 4) is 0 Å². The molecule has 19 heavy (non-hydrogen) atoms. The maximum absolute atomic E-state index is 4.39. The molecule has 0 aliphatic heterocycles. The van der Waals surface area contributed by atoms with Crippen molar-refractivity contribution >= 4 is 11.3 Å². The van der Waals surface area contributed by atoms with E-state index in [4.69, 9.17) is 0 Å². The van der Waals surface area contributed by atoms with E-state index in [0.717, 1.165) is 25.1 Å². The van der Waals surface area contributed by atoms with Crippen LogP contribution in [0.2, 0.25) is 0 Å². The first kappa shape index (κ1) is 14.2. The molecule has 1 N–H and O–H groups in total. The summed E-state index contributed by atoms with van der Waals surface area (Å²) in [5, 5.41) is 3.65. The van der Waals surface area contributed by atoms with Crippen LogP contribution < -0.4 is 5.32 Å². The van der Waals surface area contributed by atoms with E-state index >= 15 is 0 Å². The van der Waals surface area contributed by atoms with Gasteiger partial charge in [0.05, 0.1) is 17.2 Å². The number of benzene rings is 1. The molecule has 2 aromatic rings. The summed E-state index contributed by atoms with van der Waals surface area (Å²) in [4.78, 5) is 5.73. The topological polar surface area (TPSA) is 24.9 Å². The number of aryl methyl sites for hydroxylation is 2. The molecule has 0 aliphatic carbocycles. The van der Waals surface area contributed by atoms with E-state index < -0.39 is 0 Å². The van der Waals surface area contributed by atoms with Crippen LogP contribution in [0.15, 0.2) is 29.8 Å². The minimum atomic E-state index is 0.277. The van der Waals surface area contributed by atoms with Gasteiger partial charge in [0.25, 0.3) is 0 Å². The fourth-order valence-corrected chi connectivity index (χ4v) is 3.13. The molecule has 1 aromatic carbocycles. The van der Waals surface area contributed by atoms with E-state index in [0.29, 0.717) is 0 Å². The van der Waals surface area contributed by atoms with Crippen molar-refractivity contribution in [2.45, 2.75) is 39.7 Å². The Morgan fingerprint density at radius 1 is 1.32 bits per heavy atom. The molecular formula is C16H22N2S. The molecule has 0 aliphatic rings. The lowest BCUT2D eigenvalue weighted by Gasteiger charge is -2.19. The zero-order valence-corrected chi connectivity index (χ0v) is 12.8. The molecule has 0 amide bonds. The lowest BCUT2D eigenvalue weighted by molar-refractivity contribution is 0.602. The standard InChI is InChI=1S/C16H22N2S/c1-4-9-17-15(16-12(3)18-11-19-16)14-8-6-7-13(5-2)10-14/h6-8,10-11,15,17H,4-5,9H2,1-3H3. The molecule has 102 valence electrons. The van der Waals surface area contributed by atoms with Crippen LogP contribution in [0.3, 0.4) is 0 Å². The third-order valence-electron chi connectivity index (χ3n) is 3.34. The number of hydrogen-bond donors (Lipinski definition) is 1. The molecule has 2 nitrogen and oxygen atoms in total. The van der Waals surface area contributed by atoms with Gasteiger partial charge < -0.3 is 5.32 Å². The minimum absolute atomic E-state index is 0.277. The number of nitrogens with zero attached hydrogens (tertiary/aromatic N) is 1. The third kappa shape index (κ3) is 3.43. The normalized spacial score (nSPS) is 12.6. The molecule has 2 rings (SSSR count). The molecule has 1 unspecified atom stereocenters.